The fourth-order valence-corrected chi connectivity index (χ4v) is 3.36. The number of halogens is 1. The summed E-state index contributed by atoms with van der Waals surface area (Å²) >= 11 is 0. The summed E-state index contributed by atoms with van der Waals surface area (Å²) in [6, 6.07) is 0.971. The van der Waals surface area contributed by atoms with Crippen molar-refractivity contribution >= 4 is 11.9 Å². The number of urea groups is 1. The number of imide groups is 1. The molecule has 1 saturated carbocycles. The van der Waals surface area contributed by atoms with Crippen molar-refractivity contribution in [2.24, 2.45) is 0 Å². The van der Waals surface area contributed by atoms with Crippen LogP contribution in [0.1, 0.15) is 44.1 Å². The van der Waals surface area contributed by atoms with E-state index in [0.717, 1.165) is 31.9 Å². The third kappa shape index (κ3) is 2.50. The Kier molecular flexibility index (Phi) is 3.61. The SMILES string of the molecule is O=C1NC(=O)C2(CCCCCC2)N1Cc1cncc(F)c1. The van der Waals surface area contributed by atoms with Gasteiger partial charge in [0, 0.05) is 6.20 Å². The summed E-state index contributed by atoms with van der Waals surface area (Å²) in [5.41, 5.74) is -0.164. The smallest absolute Gasteiger partial charge is 0.305 e. The summed E-state index contributed by atoms with van der Waals surface area (Å²) in [7, 11) is 0. The van der Waals surface area contributed by atoms with Gasteiger partial charge in [0.1, 0.15) is 11.4 Å². The van der Waals surface area contributed by atoms with E-state index in [1.807, 2.05) is 0 Å². The van der Waals surface area contributed by atoms with Crippen molar-refractivity contribution in [2.75, 3.05) is 0 Å². The molecule has 1 aliphatic carbocycles. The normalized spacial score (nSPS) is 21.5. The molecule has 1 saturated heterocycles. The Labute approximate surface area is 122 Å². The minimum Gasteiger partial charge on any atom is -0.305 e. The topological polar surface area (TPSA) is 62.3 Å². The molecule has 1 aromatic rings. The molecule has 2 heterocycles. The van der Waals surface area contributed by atoms with E-state index < -0.39 is 11.4 Å². The van der Waals surface area contributed by atoms with Gasteiger partial charge in [0.05, 0.1) is 12.7 Å². The highest BCUT2D eigenvalue weighted by Gasteiger charge is 2.52. The molecule has 0 radical (unpaired) electrons. The van der Waals surface area contributed by atoms with E-state index in [1.54, 1.807) is 4.90 Å². The summed E-state index contributed by atoms with van der Waals surface area (Å²) in [4.78, 5) is 29.8. The van der Waals surface area contributed by atoms with E-state index in [-0.39, 0.29) is 18.5 Å². The highest BCUT2D eigenvalue weighted by Crippen LogP contribution is 2.37. The zero-order valence-electron chi connectivity index (χ0n) is 11.8. The van der Waals surface area contributed by atoms with Gasteiger partial charge in [-0.15, -0.1) is 0 Å². The number of nitrogens with one attached hydrogen (secondary N) is 1. The van der Waals surface area contributed by atoms with Gasteiger partial charge < -0.3 is 4.90 Å². The molecule has 1 aliphatic heterocycles. The number of aromatic nitrogens is 1. The van der Waals surface area contributed by atoms with Crippen LogP contribution in [0.4, 0.5) is 9.18 Å². The van der Waals surface area contributed by atoms with Gasteiger partial charge in [-0.1, -0.05) is 25.7 Å². The molecule has 0 bridgehead atoms. The quantitative estimate of drug-likeness (QED) is 0.851. The Bertz CT molecular complexity index is 568. The van der Waals surface area contributed by atoms with Crippen molar-refractivity contribution in [3.63, 3.8) is 0 Å². The monoisotopic (exact) mass is 291 g/mol. The maximum absolute atomic E-state index is 13.3. The van der Waals surface area contributed by atoms with Crippen LogP contribution in [0.3, 0.4) is 0 Å². The van der Waals surface area contributed by atoms with Gasteiger partial charge in [-0.2, -0.15) is 0 Å². The van der Waals surface area contributed by atoms with Crippen LogP contribution >= 0.6 is 0 Å². The number of rotatable bonds is 2. The number of hydrogen-bond donors (Lipinski definition) is 1. The minimum atomic E-state index is -0.764. The predicted molar refractivity (Wildman–Crippen MR) is 73.7 cm³/mol. The molecule has 0 unspecified atom stereocenters. The number of nitrogens with zero attached hydrogens (tertiary/aromatic N) is 2. The van der Waals surface area contributed by atoms with Gasteiger partial charge in [0.15, 0.2) is 0 Å². The number of pyridine rings is 1. The lowest BCUT2D eigenvalue weighted by Gasteiger charge is -2.34. The van der Waals surface area contributed by atoms with Crippen LogP contribution in [0, 0.1) is 5.82 Å². The Morgan fingerprint density at radius 2 is 1.90 bits per heavy atom. The summed E-state index contributed by atoms with van der Waals surface area (Å²) in [5, 5.41) is 2.42. The molecule has 6 heteroatoms. The van der Waals surface area contributed by atoms with E-state index in [2.05, 4.69) is 10.3 Å². The van der Waals surface area contributed by atoms with Crippen molar-refractivity contribution < 1.29 is 14.0 Å². The first-order valence-corrected chi connectivity index (χ1v) is 7.34. The van der Waals surface area contributed by atoms with Gasteiger partial charge in [0.2, 0.25) is 0 Å². The van der Waals surface area contributed by atoms with E-state index >= 15 is 0 Å². The maximum Gasteiger partial charge on any atom is 0.325 e. The summed E-state index contributed by atoms with van der Waals surface area (Å²) in [6.45, 7) is 0.211. The average Bonchev–Trinajstić information content (AvgIpc) is 2.64. The molecule has 0 aromatic carbocycles. The lowest BCUT2D eigenvalue weighted by Crippen LogP contribution is -2.48. The Morgan fingerprint density at radius 3 is 2.57 bits per heavy atom. The molecule has 0 atom stereocenters. The van der Waals surface area contributed by atoms with Crippen LogP contribution in [0.15, 0.2) is 18.5 Å². The Hall–Kier alpha value is -1.98. The van der Waals surface area contributed by atoms with Crippen molar-refractivity contribution in [3.8, 4) is 0 Å². The molecule has 3 rings (SSSR count). The van der Waals surface area contributed by atoms with Gasteiger partial charge in [-0.05, 0) is 24.5 Å². The van der Waals surface area contributed by atoms with Crippen LogP contribution in [0.2, 0.25) is 0 Å². The number of carbonyl (C=O) groups is 2. The van der Waals surface area contributed by atoms with Crippen molar-refractivity contribution in [1.29, 1.82) is 0 Å². The standard InChI is InChI=1S/C15H18FN3O2/c16-12-7-11(8-17-9-12)10-19-14(21)18-13(20)15(19)5-3-1-2-4-6-15/h7-9H,1-6,10H2,(H,18,20,21). The van der Waals surface area contributed by atoms with Gasteiger partial charge >= 0.3 is 6.03 Å². The zero-order valence-corrected chi connectivity index (χ0v) is 11.8. The van der Waals surface area contributed by atoms with Crippen molar-refractivity contribution in [3.05, 3.63) is 29.8 Å². The van der Waals surface area contributed by atoms with E-state index in [1.165, 1.54) is 12.3 Å². The van der Waals surface area contributed by atoms with Crippen molar-refractivity contribution in [2.45, 2.75) is 50.6 Å². The minimum absolute atomic E-state index is 0.209. The second-order valence-electron chi connectivity index (χ2n) is 5.80. The Morgan fingerprint density at radius 1 is 1.19 bits per heavy atom. The molecule has 1 aromatic heterocycles. The molecule has 21 heavy (non-hydrogen) atoms. The van der Waals surface area contributed by atoms with E-state index in [4.69, 9.17) is 0 Å². The molecule has 1 N–H and O–H groups in total. The first kappa shape index (κ1) is 14.0. The van der Waals surface area contributed by atoms with Gasteiger partial charge in [-0.3, -0.25) is 15.1 Å². The fourth-order valence-electron chi connectivity index (χ4n) is 3.36. The van der Waals surface area contributed by atoms with Crippen LogP contribution in [0.5, 0.6) is 0 Å². The van der Waals surface area contributed by atoms with Crippen LogP contribution in [-0.4, -0.2) is 27.4 Å². The van der Waals surface area contributed by atoms with Crippen LogP contribution < -0.4 is 5.32 Å². The second kappa shape index (κ2) is 5.42. The first-order valence-electron chi connectivity index (χ1n) is 7.34. The molecule has 2 aliphatic rings. The first-order chi connectivity index (χ1) is 10.1. The number of hydrogen-bond acceptors (Lipinski definition) is 3. The summed E-state index contributed by atoms with van der Waals surface area (Å²) < 4.78 is 13.3. The van der Waals surface area contributed by atoms with E-state index in [9.17, 15) is 14.0 Å². The Balaban J connectivity index is 1.90. The molecular formula is C15H18FN3O2. The maximum atomic E-state index is 13.3. The van der Waals surface area contributed by atoms with Gasteiger partial charge in [-0.25, -0.2) is 9.18 Å². The summed E-state index contributed by atoms with van der Waals surface area (Å²) in [6.07, 6.45) is 8.03. The highest BCUT2D eigenvalue weighted by molar-refractivity contribution is 6.07. The third-order valence-electron chi connectivity index (χ3n) is 4.44. The number of carbonyl (C=O) groups excluding carboxylic acids is 2. The zero-order chi connectivity index (χ0) is 14.9. The molecular weight excluding hydrogens is 273 g/mol. The van der Waals surface area contributed by atoms with Gasteiger partial charge in [0.25, 0.3) is 5.91 Å². The third-order valence-corrected chi connectivity index (χ3v) is 4.44. The lowest BCUT2D eigenvalue weighted by molar-refractivity contribution is -0.127. The lowest BCUT2D eigenvalue weighted by atomic mass is 9.88. The van der Waals surface area contributed by atoms with Crippen LogP contribution in [0.25, 0.3) is 0 Å². The van der Waals surface area contributed by atoms with Crippen LogP contribution in [-0.2, 0) is 11.3 Å². The largest absolute Gasteiger partial charge is 0.325 e. The second-order valence-corrected chi connectivity index (χ2v) is 5.80. The van der Waals surface area contributed by atoms with E-state index in [0.29, 0.717) is 18.4 Å². The fraction of sp³-hybridized carbons (Fsp3) is 0.533. The van der Waals surface area contributed by atoms with Crippen molar-refractivity contribution in [1.82, 2.24) is 15.2 Å². The number of amides is 3. The molecule has 3 amide bonds. The molecule has 5 nitrogen and oxygen atoms in total. The highest BCUT2D eigenvalue weighted by atomic mass is 19.1. The molecule has 2 fully saturated rings. The predicted octanol–water partition coefficient (Wildman–Crippen LogP) is 2.37. The summed E-state index contributed by atoms with van der Waals surface area (Å²) in [5.74, 6) is -0.646. The molecule has 1 spiro atoms. The molecule has 112 valence electrons. The average molecular weight is 291 g/mol.